The lowest BCUT2D eigenvalue weighted by molar-refractivity contribution is -0.301. The molecule has 2 rings (SSSR count). The molecule has 2 saturated heterocycles. The Labute approximate surface area is 559 Å². The molecule has 2 aliphatic heterocycles. The molecule has 0 aromatic rings. The molecule has 3 amide bonds. The fraction of sp³-hybridized carbons (Fsp3) is 0.942. The van der Waals surface area contributed by atoms with E-state index in [1.807, 2.05) is 0 Å². The minimum Gasteiger partial charge on any atom is -0.390 e. The molecule has 2 heterocycles. The van der Waals surface area contributed by atoms with Gasteiger partial charge < -0.3 is 162 Å². The Morgan fingerprint density at radius 3 is 1.10 bits per heavy atom. The van der Waals surface area contributed by atoms with E-state index in [4.69, 9.17) is 100 Å². The molecule has 0 bridgehead atoms. The molecule has 42 nitrogen and oxygen atoms in total. The van der Waals surface area contributed by atoms with Gasteiger partial charge in [-0.3, -0.25) is 28.0 Å². The summed E-state index contributed by atoms with van der Waals surface area (Å²) >= 11 is 0. The smallest absolute Gasteiger partial charge is 0.390 e. The first-order valence-electron chi connectivity index (χ1n) is 30.7. The van der Waals surface area contributed by atoms with E-state index < -0.39 is 141 Å². The van der Waals surface area contributed by atoms with Gasteiger partial charge in [0.15, 0.2) is 18.9 Å². The highest BCUT2D eigenvalue weighted by Crippen LogP contribution is 2.39. The lowest BCUT2D eigenvalue weighted by atomic mass is 9.94. The fourth-order valence-corrected chi connectivity index (χ4v) is 9.42. The number of carbonyl (C=O) groups is 3. The average Bonchev–Trinajstić information content (AvgIpc) is 0.825. The highest BCUT2D eigenvalue weighted by atomic mass is 31.2. The third-order valence-corrected chi connectivity index (χ3v) is 15.0. The Hall–Kier alpha value is -2.22. The lowest BCUT2D eigenvalue weighted by Crippen LogP contribution is -2.59. The largest absolute Gasteiger partial charge is 0.469 e. The second-order valence-electron chi connectivity index (χ2n) is 22.0. The molecule has 15 unspecified atom stereocenters. The zero-order valence-electron chi connectivity index (χ0n) is 54.2. The predicted octanol–water partition coefficient (Wildman–Crippen LogP) is -7.65. The zero-order chi connectivity index (χ0) is 72.5. The summed E-state index contributed by atoms with van der Waals surface area (Å²) in [5, 5.41) is 99.8. The quantitative estimate of drug-likeness (QED) is 0.0153. The van der Waals surface area contributed by atoms with Gasteiger partial charge in [-0.15, -0.1) is 0 Å². The van der Waals surface area contributed by atoms with Crippen LogP contribution in [0, 0.1) is 11.3 Å². The molecular weight excluding hydrogens is 1380 g/mol. The summed E-state index contributed by atoms with van der Waals surface area (Å²) < 4.78 is 128. The van der Waals surface area contributed by atoms with E-state index in [1.165, 1.54) is 14.0 Å². The third kappa shape index (κ3) is 42.2. The summed E-state index contributed by atoms with van der Waals surface area (Å²) in [5.74, 6) is -1.99. The van der Waals surface area contributed by atoms with Gasteiger partial charge >= 0.3 is 23.5 Å². The number of aliphatic hydroxyl groups excluding tert-OH is 9. The second-order valence-corrected chi connectivity index (χ2v) is 25.7. The summed E-state index contributed by atoms with van der Waals surface area (Å²) in [6, 6.07) is 0. The van der Waals surface area contributed by atoms with Crippen LogP contribution in [0.1, 0.15) is 33.1 Å². The van der Waals surface area contributed by atoms with Crippen molar-refractivity contribution in [2.45, 2.75) is 119 Å². The van der Waals surface area contributed by atoms with Crippen molar-refractivity contribution in [3.63, 3.8) is 0 Å². The van der Waals surface area contributed by atoms with E-state index in [9.17, 15) is 74.0 Å². The molecule has 0 aliphatic carbocycles. The number of phosphoric acid groups is 3. The van der Waals surface area contributed by atoms with Gasteiger partial charge in [-0.25, -0.2) is 13.7 Å². The number of aliphatic hydroxyl groups is 9. The molecule has 2 fully saturated rings. The van der Waals surface area contributed by atoms with E-state index in [2.05, 4.69) is 29.5 Å². The zero-order valence-corrected chi connectivity index (χ0v) is 56.9. The standard InChI is InChI=1S/C52H102N3O39P3/c1-34(28-90-95(68,69)70)40(59)43(62)46(65)49(77-3)87-25-22-81-19-16-78-13-7-53-37(56)4-10-84-31-52(2,32-85-11-5-38(57)54-8-14-79-17-20-82-23-26-88-50-47(66)44(63)41(60)35(93-50)29-91-96(71,72)73)33-86-12-6-39(58)55-9-15-80-18-21-83-24-27-89-51-48(67)45(64)42(61)36(94-51)30-92-97(74,75)76/h34-36,40-51,59-67H,4-33H2,1-3H3,(H,53,56)(H,54,57)(H,55,58)(H2,68,69,70)(H2,71,72,73)(H2,74,75,76). The maximum Gasteiger partial charge on any atom is 0.469 e. The van der Waals surface area contributed by atoms with Crippen LogP contribution in [0.25, 0.3) is 0 Å². The van der Waals surface area contributed by atoms with E-state index in [0.717, 1.165) is 0 Å². The van der Waals surface area contributed by atoms with E-state index >= 15 is 0 Å². The van der Waals surface area contributed by atoms with Crippen LogP contribution in [0.5, 0.6) is 0 Å². The van der Waals surface area contributed by atoms with Gasteiger partial charge in [0.05, 0.1) is 165 Å². The van der Waals surface area contributed by atoms with Crippen LogP contribution in [0.4, 0.5) is 0 Å². The predicted molar refractivity (Wildman–Crippen MR) is 322 cm³/mol. The van der Waals surface area contributed by atoms with Crippen LogP contribution >= 0.6 is 23.5 Å². The Balaban J connectivity index is 1.70. The normalized spacial score (nSPS) is 24.1. The Bertz CT molecular complexity index is 2150. The monoisotopic (exact) mass is 1490 g/mol. The number of amides is 3. The average molecular weight is 1490 g/mol. The van der Waals surface area contributed by atoms with Gasteiger partial charge in [-0.05, 0) is 0 Å². The Morgan fingerprint density at radius 1 is 0.433 bits per heavy atom. The summed E-state index contributed by atoms with van der Waals surface area (Å²) in [6.45, 7) is 2.34. The van der Waals surface area contributed by atoms with E-state index in [-0.39, 0.29) is 195 Å². The van der Waals surface area contributed by atoms with E-state index in [0.29, 0.717) is 0 Å². The van der Waals surface area contributed by atoms with E-state index in [1.54, 1.807) is 6.92 Å². The van der Waals surface area contributed by atoms with Crippen LogP contribution < -0.4 is 16.0 Å². The maximum atomic E-state index is 12.6. The number of rotatable bonds is 59. The first-order chi connectivity index (χ1) is 45.8. The van der Waals surface area contributed by atoms with Gasteiger partial charge in [0.2, 0.25) is 17.7 Å². The topological polar surface area (TPSA) is 608 Å². The van der Waals surface area contributed by atoms with Crippen molar-refractivity contribution in [1.82, 2.24) is 16.0 Å². The first kappa shape index (κ1) is 90.9. The van der Waals surface area contributed by atoms with Gasteiger partial charge in [0, 0.05) is 57.3 Å². The summed E-state index contributed by atoms with van der Waals surface area (Å²) in [6.07, 6.45) is -22.7. The van der Waals surface area contributed by atoms with Gasteiger partial charge in [0.1, 0.15) is 61.0 Å². The second kappa shape index (κ2) is 50.2. The van der Waals surface area contributed by atoms with Gasteiger partial charge in [-0.2, -0.15) is 0 Å². The van der Waals surface area contributed by atoms with Gasteiger partial charge in [-0.1, -0.05) is 13.8 Å². The number of hydrogen-bond acceptors (Lipinski definition) is 33. The number of nitrogens with one attached hydrogen (secondary N) is 3. The summed E-state index contributed by atoms with van der Waals surface area (Å²) in [7, 11) is -13.5. The van der Waals surface area contributed by atoms with Crippen molar-refractivity contribution in [3.8, 4) is 0 Å². The van der Waals surface area contributed by atoms with Crippen LogP contribution in [-0.4, -0.2) is 364 Å². The molecule has 0 aromatic carbocycles. The lowest BCUT2D eigenvalue weighted by Gasteiger charge is -2.40. The molecule has 15 atom stereocenters. The van der Waals surface area contributed by atoms with Crippen LogP contribution in [0.3, 0.4) is 0 Å². The van der Waals surface area contributed by atoms with Crippen molar-refractivity contribution in [3.05, 3.63) is 0 Å². The minimum atomic E-state index is -4.91. The van der Waals surface area contributed by atoms with Crippen molar-refractivity contribution >= 4 is 41.2 Å². The molecule has 0 aromatic heterocycles. The van der Waals surface area contributed by atoms with Crippen LogP contribution in [-0.2, 0) is 113 Å². The molecule has 97 heavy (non-hydrogen) atoms. The summed E-state index contributed by atoms with van der Waals surface area (Å²) in [5.41, 5.74) is -0.820. The van der Waals surface area contributed by atoms with Crippen LogP contribution in [0.2, 0.25) is 0 Å². The molecule has 45 heteroatoms. The van der Waals surface area contributed by atoms with Crippen LogP contribution in [0.15, 0.2) is 0 Å². The number of phosphoric ester groups is 3. The molecule has 18 N–H and O–H groups in total. The third-order valence-electron chi connectivity index (χ3n) is 13.6. The molecule has 2 aliphatic rings. The fourth-order valence-electron chi connectivity index (χ4n) is 8.31. The highest BCUT2D eigenvalue weighted by molar-refractivity contribution is 7.46. The van der Waals surface area contributed by atoms with Gasteiger partial charge in [0.25, 0.3) is 0 Å². The summed E-state index contributed by atoms with van der Waals surface area (Å²) in [4.78, 5) is 91.1. The highest BCUT2D eigenvalue weighted by Gasteiger charge is 2.46. The minimum absolute atomic E-state index is 0.00674. The maximum absolute atomic E-state index is 12.6. The number of carbonyl (C=O) groups excluding carboxylic acids is 3. The van der Waals surface area contributed by atoms with Crippen molar-refractivity contribution in [2.24, 2.45) is 11.3 Å². The Morgan fingerprint density at radius 2 is 0.763 bits per heavy atom. The molecule has 574 valence electrons. The molecule has 0 spiro atoms. The molecular formula is C52H102N3O39P3. The SMILES string of the molecule is COC(OCCOCCOCCNC(=O)CCOCC(C)(COCCC(=O)NCCOCCOCCOC1OC(COP(=O)(O)O)C(O)C(O)C1O)COCCC(=O)NCCOCCOCCOC1OC(COP(=O)(O)O)C(O)C(O)C1O)C(O)C(O)C(O)C(C)COP(=O)(O)O. The number of hydrogen-bond donors (Lipinski definition) is 18. The number of methoxy groups -OCH3 is 1. The Kier molecular flexibility index (Phi) is 47.0. The van der Waals surface area contributed by atoms with Crippen molar-refractivity contribution in [1.29, 1.82) is 0 Å². The first-order valence-corrected chi connectivity index (χ1v) is 35.3. The molecule has 0 radical (unpaired) electrons. The van der Waals surface area contributed by atoms with Crippen molar-refractivity contribution in [2.75, 3.05) is 185 Å². The van der Waals surface area contributed by atoms with Crippen molar-refractivity contribution < 1.29 is 188 Å². The molecule has 0 saturated carbocycles. The number of ether oxygens (including phenoxy) is 15.